The van der Waals surface area contributed by atoms with Crippen molar-refractivity contribution in [2.45, 2.75) is 19.4 Å². The molecule has 0 aliphatic carbocycles. The van der Waals surface area contributed by atoms with Gasteiger partial charge in [0.1, 0.15) is 0 Å². The van der Waals surface area contributed by atoms with Crippen LogP contribution in [0.4, 0.5) is 0 Å². The molecule has 0 radical (unpaired) electrons. The van der Waals surface area contributed by atoms with Crippen molar-refractivity contribution in [3.05, 3.63) is 70.8 Å². The van der Waals surface area contributed by atoms with Crippen LogP contribution in [0.15, 0.2) is 48.5 Å². The average molecular weight is 314 g/mol. The Labute approximate surface area is 136 Å². The van der Waals surface area contributed by atoms with Crippen molar-refractivity contribution in [1.82, 2.24) is 5.32 Å². The third-order valence-corrected chi connectivity index (χ3v) is 3.55. The first-order valence-electron chi connectivity index (χ1n) is 7.38. The van der Waals surface area contributed by atoms with E-state index in [2.05, 4.69) is 17.4 Å². The molecule has 0 aliphatic heterocycles. The molecule has 2 aromatic rings. The number of benzene rings is 2. The number of hydrogen-bond donors (Lipinski definition) is 2. The van der Waals surface area contributed by atoms with Crippen molar-refractivity contribution in [2.24, 2.45) is 5.73 Å². The Kier molecular flexibility index (Phi) is 6.29. The summed E-state index contributed by atoms with van der Waals surface area (Å²) in [6.07, 6.45) is -0.351. The van der Waals surface area contributed by atoms with Crippen LogP contribution in [-0.2, 0) is 22.6 Å². The van der Waals surface area contributed by atoms with E-state index >= 15 is 0 Å². The molecule has 0 aromatic heterocycles. The van der Waals surface area contributed by atoms with Gasteiger partial charge in [-0.05, 0) is 29.3 Å². The Bertz CT molecular complexity index is 637. The van der Waals surface area contributed by atoms with Crippen molar-refractivity contribution in [3.63, 3.8) is 0 Å². The van der Waals surface area contributed by atoms with E-state index in [1.807, 2.05) is 24.3 Å². The van der Waals surface area contributed by atoms with Gasteiger partial charge in [-0.2, -0.15) is 0 Å². The van der Waals surface area contributed by atoms with E-state index < -0.39 is 5.91 Å². The topological polar surface area (TPSA) is 73.6 Å². The zero-order valence-corrected chi connectivity index (χ0v) is 13.4. The minimum Gasteiger partial charge on any atom is -0.366 e. The van der Waals surface area contributed by atoms with Gasteiger partial charge in [-0.3, -0.25) is 4.79 Å². The monoisotopic (exact) mass is 314 g/mol. The molecule has 2 rings (SSSR count). The highest BCUT2D eigenvalue weighted by atomic mass is 16.7. The molecule has 0 aliphatic rings. The Morgan fingerprint density at radius 1 is 1.04 bits per heavy atom. The number of carbonyl (C=O) groups is 1. The Morgan fingerprint density at radius 2 is 1.70 bits per heavy atom. The Hall–Kier alpha value is -2.21. The van der Waals surface area contributed by atoms with E-state index in [0.29, 0.717) is 12.1 Å². The molecule has 5 nitrogen and oxygen atoms in total. The molecule has 0 saturated heterocycles. The Balaban J connectivity index is 1.91. The van der Waals surface area contributed by atoms with Gasteiger partial charge in [-0.1, -0.05) is 30.3 Å². The summed E-state index contributed by atoms with van der Waals surface area (Å²) in [5.74, 6) is -0.410. The third kappa shape index (κ3) is 4.89. The largest absolute Gasteiger partial charge is 0.366 e. The normalized spacial score (nSPS) is 10.9. The van der Waals surface area contributed by atoms with Gasteiger partial charge in [0.25, 0.3) is 0 Å². The summed E-state index contributed by atoms with van der Waals surface area (Å²) in [6.45, 7) is 1.44. The highest BCUT2D eigenvalue weighted by Gasteiger charge is 2.08. The van der Waals surface area contributed by atoms with Crippen LogP contribution < -0.4 is 11.1 Å². The number of amides is 1. The van der Waals surface area contributed by atoms with Gasteiger partial charge in [-0.25, -0.2) is 0 Å². The smallest absolute Gasteiger partial charge is 0.248 e. The molecule has 0 spiro atoms. The molecule has 0 saturated carbocycles. The standard InChI is InChI=1S/C18H22N2O3/c1-22-18(23-2)16-5-3-4-14(10-16)12-20-11-13-6-8-15(9-7-13)17(19)21/h3-10,18,20H,11-12H2,1-2H3,(H2,19,21). The summed E-state index contributed by atoms with van der Waals surface area (Å²) in [5.41, 5.74) is 8.98. The molecule has 23 heavy (non-hydrogen) atoms. The fourth-order valence-electron chi connectivity index (χ4n) is 2.36. The maximum Gasteiger partial charge on any atom is 0.248 e. The first-order chi connectivity index (χ1) is 11.1. The van der Waals surface area contributed by atoms with Crippen LogP contribution >= 0.6 is 0 Å². The summed E-state index contributed by atoms with van der Waals surface area (Å²) in [5, 5.41) is 3.37. The lowest BCUT2D eigenvalue weighted by molar-refractivity contribution is -0.106. The summed E-state index contributed by atoms with van der Waals surface area (Å²) in [4.78, 5) is 11.0. The lowest BCUT2D eigenvalue weighted by Crippen LogP contribution is -2.14. The second kappa shape index (κ2) is 8.43. The number of nitrogens with two attached hydrogens (primary N) is 1. The molecule has 1 amide bonds. The van der Waals surface area contributed by atoms with E-state index in [-0.39, 0.29) is 6.29 Å². The quantitative estimate of drug-likeness (QED) is 0.734. The number of carbonyl (C=O) groups excluding carboxylic acids is 1. The highest BCUT2D eigenvalue weighted by molar-refractivity contribution is 5.92. The molecule has 0 heterocycles. The van der Waals surface area contributed by atoms with Crippen molar-refractivity contribution >= 4 is 5.91 Å². The van der Waals surface area contributed by atoms with Gasteiger partial charge in [0.05, 0.1) is 0 Å². The molecule has 0 bridgehead atoms. The third-order valence-electron chi connectivity index (χ3n) is 3.55. The highest BCUT2D eigenvalue weighted by Crippen LogP contribution is 2.18. The van der Waals surface area contributed by atoms with Crippen molar-refractivity contribution in [1.29, 1.82) is 0 Å². The molecular weight excluding hydrogens is 292 g/mol. The van der Waals surface area contributed by atoms with Gasteiger partial charge in [0.2, 0.25) is 5.91 Å². The van der Waals surface area contributed by atoms with Crippen LogP contribution in [0.25, 0.3) is 0 Å². The number of hydrogen-bond acceptors (Lipinski definition) is 4. The molecule has 3 N–H and O–H groups in total. The second-order valence-electron chi connectivity index (χ2n) is 5.21. The van der Waals surface area contributed by atoms with Crippen molar-refractivity contribution in [2.75, 3.05) is 14.2 Å². The molecule has 0 atom stereocenters. The molecule has 2 aromatic carbocycles. The van der Waals surface area contributed by atoms with Crippen LogP contribution in [0, 0.1) is 0 Å². The number of rotatable bonds is 8. The maximum absolute atomic E-state index is 11.0. The molecular formula is C18H22N2O3. The van der Waals surface area contributed by atoms with Crippen molar-refractivity contribution in [3.8, 4) is 0 Å². The van der Waals surface area contributed by atoms with Gasteiger partial charge in [0.15, 0.2) is 6.29 Å². The predicted octanol–water partition coefficient (Wildman–Crippen LogP) is 2.37. The molecule has 122 valence electrons. The predicted molar refractivity (Wildman–Crippen MR) is 88.7 cm³/mol. The van der Waals surface area contributed by atoms with Crippen LogP contribution in [0.3, 0.4) is 0 Å². The number of nitrogens with one attached hydrogen (secondary N) is 1. The van der Waals surface area contributed by atoms with Crippen LogP contribution in [0.5, 0.6) is 0 Å². The van der Waals surface area contributed by atoms with Crippen LogP contribution in [0.1, 0.15) is 33.3 Å². The van der Waals surface area contributed by atoms with Crippen LogP contribution in [0.2, 0.25) is 0 Å². The van der Waals surface area contributed by atoms with E-state index in [1.54, 1.807) is 26.4 Å². The minimum absolute atomic E-state index is 0.351. The first-order valence-corrected chi connectivity index (χ1v) is 7.38. The second-order valence-corrected chi connectivity index (χ2v) is 5.21. The zero-order chi connectivity index (χ0) is 16.7. The van der Waals surface area contributed by atoms with E-state index in [1.165, 1.54) is 0 Å². The minimum atomic E-state index is -0.410. The summed E-state index contributed by atoms with van der Waals surface area (Å²) < 4.78 is 10.5. The summed E-state index contributed by atoms with van der Waals surface area (Å²) in [6, 6.07) is 15.3. The fraction of sp³-hybridized carbons (Fsp3) is 0.278. The van der Waals surface area contributed by atoms with Gasteiger partial charge >= 0.3 is 0 Å². The first kappa shape index (κ1) is 17.1. The van der Waals surface area contributed by atoms with E-state index in [4.69, 9.17) is 15.2 Å². The zero-order valence-electron chi connectivity index (χ0n) is 13.4. The Morgan fingerprint density at radius 3 is 2.30 bits per heavy atom. The number of ether oxygens (including phenoxy) is 2. The fourth-order valence-corrected chi connectivity index (χ4v) is 2.36. The lowest BCUT2D eigenvalue weighted by atomic mass is 10.1. The van der Waals surface area contributed by atoms with Gasteiger partial charge in [-0.15, -0.1) is 0 Å². The molecule has 0 unspecified atom stereocenters. The van der Waals surface area contributed by atoms with Gasteiger partial charge in [0, 0.05) is 38.4 Å². The summed E-state index contributed by atoms with van der Waals surface area (Å²) in [7, 11) is 3.24. The molecule has 5 heteroatoms. The average Bonchev–Trinajstić information content (AvgIpc) is 2.57. The van der Waals surface area contributed by atoms with Gasteiger partial charge < -0.3 is 20.5 Å². The van der Waals surface area contributed by atoms with Crippen molar-refractivity contribution < 1.29 is 14.3 Å². The molecule has 0 fully saturated rings. The SMILES string of the molecule is COC(OC)c1cccc(CNCc2ccc(C(N)=O)cc2)c1. The lowest BCUT2D eigenvalue weighted by Gasteiger charge is -2.14. The maximum atomic E-state index is 11.0. The van der Waals surface area contributed by atoms with E-state index in [9.17, 15) is 4.79 Å². The summed E-state index contributed by atoms with van der Waals surface area (Å²) >= 11 is 0. The van der Waals surface area contributed by atoms with E-state index in [0.717, 1.165) is 23.2 Å². The number of methoxy groups -OCH3 is 2. The number of primary amides is 1. The van der Waals surface area contributed by atoms with Crippen LogP contribution in [-0.4, -0.2) is 20.1 Å².